The average molecular weight is 203 g/mol. The lowest BCUT2D eigenvalue weighted by Gasteiger charge is -2.19. The first kappa shape index (κ1) is 11.4. The molecular weight excluding hydrogens is 186 g/mol. The van der Waals surface area contributed by atoms with Gasteiger partial charge in [0.1, 0.15) is 5.69 Å². The molecule has 1 rings (SSSR count). The van der Waals surface area contributed by atoms with Crippen LogP contribution in [0.2, 0.25) is 0 Å². The van der Waals surface area contributed by atoms with Crippen molar-refractivity contribution in [3.63, 3.8) is 0 Å². The van der Waals surface area contributed by atoms with Crippen LogP contribution in [0.1, 0.15) is 18.3 Å². The van der Waals surface area contributed by atoms with E-state index in [1.54, 1.807) is 13.2 Å². The summed E-state index contributed by atoms with van der Waals surface area (Å²) in [6, 6.07) is 5.92. The molecule has 0 unspecified atom stereocenters. The zero-order valence-corrected chi connectivity index (χ0v) is 9.57. The summed E-state index contributed by atoms with van der Waals surface area (Å²) in [5.74, 6) is 0.858. The Hall–Kier alpha value is -1.64. The Morgan fingerprint density at radius 1 is 1.60 bits per heavy atom. The summed E-state index contributed by atoms with van der Waals surface area (Å²) in [7, 11) is 1.77. The second-order valence-corrected chi connectivity index (χ2v) is 3.18. The van der Waals surface area contributed by atoms with Crippen LogP contribution in [0.4, 0.5) is 0 Å². The van der Waals surface area contributed by atoms with Crippen LogP contribution in [0.25, 0.3) is 0 Å². The van der Waals surface area contributed by atoms with E-state index >= 15 is 0 Å². The van der Waals surface area contributed by atoms with E-state index in [1.807, 2.05) is 30.0 Å². The van der Waals surface area contributed by atoms with E-state index in [-0.39, 0.29) is 0 Å². The van der Waals surface area contributed by atoms with Crippen LogP contribution in [0.5, 0.6) is 0 Å². The van der Waals surface area contributed by atoms with Crippen molar-refractivity contribution in [3.8, 4) is 0 Å². The Morgan fingerprint density at radius 2 is 2.33 bits per heavy atom. The number of pyridine rings is 1. The molecule has 80 valence electrons. The van der Waals surface area contributed by atoms with E-state index in [9.17, 15) is 0 Å². The second kappa shape index (κ2) is 5.29. The highest BCUT2D eigenvalue weighted by atomic mass is 15.2. The molecule has 3 nitrogen and oxygen atoms in total. The zero-order chi connectivity index (χ0) is 11.3. The Bertz CT molecular complexity index is 369. The molecule has 0 radical (unpaired) electrons. The van der Waals surface area contributed by atoms with Crippen LogP contribution < -0.4 is 0 Å². The Morgan fingerprint density at radius 3 is 2.80 bits per heavy atom. The van der Waals surface area contributed by atoms with Crippen LogP contribution in [-0.2, 0) is 0 Å². The SMILES string of the molecule is C=CN(CC)C(=NC)c1cccc(C)n1. The monoisotopic (exact) mass is 203 g/mol. The predicted octanol–water partition coefficient (Wildman–Crippen LogP) is 2.23. The van der Waals surface area contributed by atoms with Crippen LogP contribution in [0, 0.1) is 6.92 Å². The largest absolute Gasteiger partial charge is 0.332 e. The molecule has 15 heavy (non-hydrogen) atoms. The number of rotatable bonds is 3. The molecule has 3 heteroatoms. The van der Waals surface area contributed by atoms with Crippen LogP contribution in [0.15, 0.2) is 36.0 Å². The molecule has 0 atom stereocenters. The molecule has 0 amide bonds. The third-order valence-corrected chi connectivity index (χ3v) is 2.16. The number of amidine groups is 1. The predicted molar refractivity (Wildman–Crippen MR) is 64.0 cm³/mol. The molecule has 0 aliphatic heterocycles. The van der Waals surface area contributed by atoms with Gasteiger partial charge in [0.25, 0.3) is 0 Å². The molecule has 0 aromatic carbocycles. The molecule has 0 fully saturated rings. The molecule has 0 N–H and O–H groups in total. The summed E-state index contributed by atoms with van der Waals surface area (Å²) in [6.07, 6.45) is 1.77. The highest BCUT2D eigenvalue weighted by Gasteiger charge is 2.09. The van der Waals surface area contributed by atoms with E-state index in [4.69, 9.17) is 0 Å². The fourth-order valence-electron chi connectivity index (χ4n) is 1.42. The van der Waals surface area contributed by atoms with Gasteiger partial charge in [-0.15, -0.1) is 0 Å². The van der Waals surface area contributed by atoms with Gasteiger partial charge in [-0.05, 0) is 32.2 Å². The molecule has 0 saturated heterocycles. The first-order valence-corrected chi connectivity index (χ1v) is 5.03. The standard InChI is InChI=1S/C12H17N3/c1-5-15(6-2)12(13-4)11-9-7-8-10(3)14-11/h5,7-9H,1,6H2,2-4H3. The van der Waals surface area contributed by atoms with Gasteiger partial charge < -0.3 is 4.90 Å². The van der Waals surface area contributed by atoms with Crippen molar-refractivity contribution >= 4 is 5.84 Å². The highest BCUT2D eigenvalue weighted by molar-refractivity contribution is 5.97. The van der Waals surface area contributed by atoms with Crippen molar-refractivity contribution in [2.24, 2.45) is 4.99 Å². The third-order valence-electron chi connectivity index (χ3n) is 2.16. The van der Waals surface area contributed by atoms with Crippen molar-refractivity contribution in [1.82, 2.24) is 9.88 Å². The second-order valence-electron chi connectivity index (χ2n) is 3.18. The fraction of sp³-hybridized carbons (Fsp3) is 0.333. The first-order chi connectivity index (χ1) is 7.22. The smallest absolute Gasteiger partial charge is 0.153 e. The number of hydrogen-bond donors (Lipinski definition) is 0. The topological polar surface area (TPSA) is 28.5 Å². The van der Waals surface area contributed by atoms with Gasteiger partial charge in [0.05, 0.1) is 0 Å². The van der Waals surface area contributed by atoms with E-state index in [2.05, 4.69) is 23.5 Å². The van der Waals surface area contributed by atoms with Crippen molar-refractivity contribution in [1.29, 1.82) is 0 Å². The average Bonchev–Trinajstić information content (AvgIpc) is 2.25. The molecule has 0 aliphatic carbocycles. The summed E-state index contributed by atoms with van der Waals surface area (Å²) >= 11 is 0. The summed E-state index contributed by atoms with van der Waals surface area (Å²) in [5, 5.41) is 0. The van der Waals surface area contributed by atoms with Crippen LogP contribution in [0.3, 0.4) is 0 Å². The fourth-order valence-corrected chi connectivity index (χ4v) is 1.42. The lowest BCUT2D eigenvalue weighted by atomic mass is 10.2. The number of aryl methyl sites for hydroxylation is 1. The van der Waals surface area contributed by atoms with Gasteiger partial charge in [-0.3, -0.25) is 4.99 Å². The minimum absolute atomic E-state index is 0.839. The van der Waals surface area contributed by atoms with Crippen molar-refractivity contribution in [2.45, 2.75) is 13.8 Å². The lowest BCUT2D eigenvalue weighted by molar-refractivity contribution is 0.589. The summed E-state index contributed by atoms with van der Waals surface area (Å²) in [5.41, 5.74) is 1.88. The molecular formula is C12H17N3. The highest BCUT2D eigenvalue weighted by Crippen LogP contribution is 2.05. The van der Waals surface area contributed by atoms with Gasteiger partial charge in [-0.2, -0.15) is 0 Å². The molecule has 1 aromatic heterocycles. The van der Waals surface area contributed by atoms with Gasteiger partial charge in [-0.25, -0.2) is 4.98 Å². The van der Waals surface area contributed by atoms with Gasteiger partial charge >= 0.3 is 0 Å². The van der Waals surface area contributed by atoms with E-state index in [1.165, 1.54) is 0 Å². The van der Waals surface area contributed by atoms with Crippen molar-refractivity contribution in [3.05, 3.63) is 42.4 Å². The van der Waals surface area contributed by atoms with Crippen LogP contribution in [-0.4, -0.2) is 29.3 Å². The minimum atomic E-state index is 0.839. The van der Waals surface area contributed by atoms with Crippen molar-refractivity contribution in [2.75, 3.05) is 13.6 Å². The summed E-state index contributed by atoms with van der Waals surface area (Å²) in [6.45, 7) is 8.64. The van der Waals surface area contributed by atoms with Gasteiger partial charge in [0.2, 0.25) is 0 Å². The maximum atomic E-state index is 4.44. The van der Waals surface area contributed by atoms with Gasteiger partial charge in [0, 0.05) is 19.3 Å². The molecule has 0 saturated carbocycles. The summed E-state index contributed by atoms with van der Waals surface area (Å²) < 4.78 is 0. The molecule has 1 heterocycles. The first-order valence-electron chi connectivity index (χ1n) is 5.03. The maximum Gasteiger partial charge on any atom is 0.153 e. The maximum absolute atomic E-state index is 4.44. The summed E-state index contributed by atoms with van der Waals surface area (Å²) in [4.78, 5) is 10.7. The number of aromatic nitrogens is 1. The molecule has 0 spiro atoms. The van der Waals surface area contributed by atoms with Gasteiger partial charge in [-0.1, -0.05) is 12.6 Å². The van der Waals surface area contributed by atoms with E-state index < -0.39 is 0 Å². The normalized spacial score (nSPS) is 11.3. The minimum Gasteiger partial charge on any atom is -0.332 e. The molecule has 0 bridgehead atoms. The number of hydrogen-bond acceptors (Lipinski definition) is 2. The zero-order valence-electron chi connectivity index (χ0n) is 9.57. The molecule has 1 aromatic rings. The third kappa shape index (κ3) is 2.65. The lowest BCUT2D eigenvalue weighted by Crippen LogP contribution is -2.27. The number of aliphatic imine (C=N–C) groups is 1. The van der Waals surface area contributed by atoms with Crippen LogP contribution >= 0.6 is 0 Å². The van der Waals surface area contributed by atoms with Crippen molar-refractivity contribution < 1.29 is 0 Å². The molecule has 0 aliphatic rings. The Balaban J connectivity index is 3.08. The quantitative estimate of drug-likeness (QED) is 0.556. The number of nitrogens with zero attached hydrogens (tertiary/aromatic N) is 3. The van der Waals surface area contributed by atoms with E-state index in [0.717, 1.165) is 23.8 Å². The Labute approximate surface area is 91.2 Å². The van der Waals surface area contributed by atoms with E-state index in [0.29, 0.717) is 0 Å². The van der Waals surface area contributed by atoms with Gasteiger partial charge in [0.15, 0.2) is 5.84 Å². The Kier molecular flexibility index (Phi) is 4.03.